The molecule has 0 bridgehead atoms. The van der Waals surface area contributed by atoms with Gasteiger partial charge in [-0.3, -0.25) is 0 Å². The quantitative estimate of drug-likeness (QED) is 0.441. The van der Waals surface area contributed by atoms with E-state index in [0.717, 1.165) is 5.57 Å². The van der Waals surface area contributed by atoms with Crippen molar-refractivity contribution in [2.75, 3.05) is 0 Å². The largest absolute Gasteiger partial charge is 1.00 e. The van der Waals surface area contributed by atoms with Crippen molar-refractivity contribution >= 4 is 0 Å². The van der Waals surface area contributed by atoms with E-state index >= 15 is 0 Å². The summed E-state index contributed by atoms with van der Waals surface area (Å²) < 4.78 is 0. The Labute approximate surface area is 113 Å². The maximum atomic E-state index is 3.83. The molecule has 0 atom stereocenters. The molecule has 0 heterocycles. The van der Waals surface area contributed by atoms with E-state index in [0.29, 0.717) is 5.92 Å². The average Bonchev–Trinajstić information content (AvgIpc) is 1.82. The summed E-state index contributed by atoms with van der Waals surface area (Å²) in [4.78, 5) is 0. The fraction of sp³-hybridized carbons (Fsp3) is 0.333. The Morgan fingerprint density at radius 1 is 1.50 bits per heavy atom. The normalized spacial score (nSPS) is 9.50. The van der Waals surface area contributed by atoms with E-state index in [1.807, 2.05) is 6.08 Å². The van der Waals surface area contributed by atoms with E-state index in [9.17, 15) is 0 Å². The molecule has 0 saturated heterocycles. The standard InChI is InChI=1S/C9H13.Rb/c1-5-6-7-9(4)8(2)3;/h5,7-8H,1,4H2,2-3H3;/q-1;+1. The van der Waals surface area contributed by atoms with Crippen LogP contribution in [-0.2, 0) is 0 Å². The minimum absolute atomic E-state index is 0. The summed E-state index contributed by atoms with van der Waals surface area (Å²) in [7, 11) is 0. The zero-order valence-corrected chi connectivity index (χ0v) is 12.1. The van der Waals surface area contributed by atoms with E-state index in [2.05, 4.69) is 33.1 Å². The van der Waals surface area contributed by atoms with Gasteiger partial charge in [0.1, 0.15) is 0 Å². The van der Waals surface area contributed by atoms with Gasteiger partial charge in [0.15, 0.2) is 0 Å². The third-order valence-electron chi connectivity index (χ3n) is 1.13. The van der Waals surface area contributed by atoms with Crippen molar-refractivity contribution in [2.24, 2.45) is 5.92 Å². The Kier molecular flexibility index (Phi) is 11.1. The van der Waals surface area contributed by atoms with Crippen molar-refractivity contribution in [3.05, 3.63) is 37.0 Å². The molecule has 0 aromatic heterocycles. The Balaban J connectivity index is 0. The molecule has 0 N–H and O–H groups in total. The molecule has 0 aliphatic rings. The van der Waals surface area contributed by atoms with Crippen molar-refractivity contribution in [2.45, 2.75) is 13.8 Å². The van der Waals surface area contributed by atoms with Gasteiger partial charge >= 0.3 is 58.2 Å². The van der Waals surface area contributed by atoms with Gasteiger partial charge in [0.2, 0.25) is 0 Å². The van der Waals surface area contributed by atoms with Crippen molar-refractivity contribution in [1.29, 1.82) is 0 Å². The first-order valence-corrected chi connectivity index (χ1v) is 3.07. The minimum atomic E-state index is 0. The molecule has 0 radical (unpaired) electrons. The van der Waals surface area contributed by atoms with Crippen molar-refractivity contribution in [3.8, 4) is 0 Å². The molecule has 1 heteroatoms. The molecule has 0 nitrogen and oxygen atoms in total. The molecule has 0 spiro atoms. The molecule has 50 valence electrons. The molecular formula is C9H13Rb. The second-order valence-electron chi connectivity index (χ2n) is 2.24. The Bertz CT molecular complexity index is 132. The average molecular weight is 207 g/mol. The van der Waals surface area contributed by atoms with Crippen LogP contribution >= 0.6 is 0 Å². The van der Waals surface area contributed by atoms with Gasteiger partial charge in [0.25, 0.3) is 0 Å². The van der Waals surface area contributed by atoms with E-state index < -0.39 is 0 Å². The van der Waals surface area contributed by atoms with Gasteiger partial charge in [0, 0.05) is 0 Å². The third kappa shape index (κ3) is 7.14. The van der Waals surface area contributed by atoms with Gasteiger partial charge in [-0.1, -0.05) is 19.8 Å². The van der Waals surface area contributed by atoms with Crippen LogP contribution in [-0.4, -0.2) is 0 Å². The van der Waals surface area contributed by atoms with Gasteiger partial charge < -0.3 is 0 Å². The van der Waals surface area contributed by atoms with Gasteiger partial charge in [-0.15, -0.1) is 5.57 Å². The summed E-state index contributed by atoms with van der Waals surface area (Å²) in [6, 6.07) is 0. The fourth-order valence-corrected chi connectivity index (χ4v) is 0.333. The number of rotatable bonds is 3. The van der Waals surface area contributed by atoms with Crippen LogP contribution in [0.5, 0.6) is 0 Å². The SMILES string of the molecule is C=C[C-]=CC(=C)C(C)C.[Rb+]. The van der Waals surface area contributed by atoms with Crippen LogP contribution in [0.15, 0.2) is 30.9 Å². The molecule has 0 saturated carbocycles. The number of hydrogen-bond donors (Lipinski definition) is 0. The summed E-state index contributed by atoms with van der Waals surface area (Å²) in [5, 5.41) is 0. The molecular weight excluding hydrogens is 194 g/mol. The molecule has 10 heavy (non-hydrogen) atoms. The monoisotopic (exact) mass is 206 g/mol. The maximum Gasteiger partial charge on any atom is 1.00 e. The zero-order valence-electron chi connectivity index (χ0n) is 7.15. The summed E-state index contributed by atoms with van der Waals surface area (Å²) in [6.07, 6.45) is 6.36. The van der Waals surface area contributed by atoms with E-state index in [1.54, 1.807) is 6.08 Å². The molecule has 0 unspecified atom stereocenters. The first-order valence-electron chi connectivity index (χ1n) is 3.07. The second kappa shape index (κ2) is 8.12. The van der Waals surface area contributed by atoms with Crippen LogP contribution in [0.3, 0.4) is 0 Å². The third-order valence-corrected chi connectivity index (χ3v) is 1.13. The van der Waals surface area contributed by atoms with Gasteiger partial charge in [-0.2, -0.15) is 31.4 Å². The summed E-state index contributed by atoms with van der Waals surface area (Å²) >= 11 is 0. The fourth-order valence-electron chi connectivity index (χ4n) is 0.333. The Morgan fingerprint density at radius 3 is 2.30 bits per heavy atom. The molecule has 0 rings (SSSR count). The smallest absolute Gasteiger partial charge is 0.194 e. The second-order valence-corrected chi connectivity index (χ2v) is 2.24. The maximum absolute atomic E-state index is 3.83. The molecule has 0 aromatic carbocycles. The van der Waals surface area contributed by atoms with Crippen molar-refractivity contribution < 1.29 is 58.2 Å². The van der Waals surface area contributed by atoms with Crippen LogP contribution in [0.1, 0.15) is 13.8 Å². The van der Waals surface area contributed by atoms with Crippen LogP contribution in [0.2, 0.25) is 0 Å². The Hall–Kier alpha value is 1.03. The van der Waals surface area contributed by atoms with Gasteiger partial charge in [-0.05, 0) is 0 Å². The van der Waals surface area contributed by atoms with E-state index in [1.165, 1.54) is 0 Å². The summed E-state index contributed by atoms with van der Waals surface area (Å²) in [6.45, 7) is 11.5. The van der Waals surface area contributed by atoms with E-state index in [-0.39, 0.29) is 58.2 Å². The molecule has 0 amide bonds. The first-order chi connectivity index (χ1) is 4.18. The van der Waals surface area contributed by atoms with Crippen LogP contribution in [0, 0.1) is 12.0 Å². The van der Waals surface area contributed by atoms with Crippen LogP contribution in [0.25, 0.3) is 0 Å². The number of hydrogen-bond acceptors (Lipinski definition) is 0. The first kappa shape index (κ1) is 13.6. The molecule has 0 aliphatic carbocycles. The van der Waals surface area contributed by atoms with Crippen LogP contribution < -0.4 is 58.2 Å². The predicted octanol–water partition coefficient (Wildman–Crippen LogP) is -0.252. The molecule has 0 fully saturated rings. The minimum Gasteiger partial charge on any atom is -0.194 e. The van der Waals surface area contributed by atoms with Gasteiger partial charge in [-0.25, -0.2) is 0 Å². The topological polar surface area (TPSA) is 0 Å². The summed E-state index contributed by atoms with van der Waals surface area (Å²) in [5.41, 5.74) is 1.09. The van der Waals surface area contributed by atoms with Crippen molar-refractivity contribution in [3.63, 3.8) is 0 Å². The van der Waals surface area contributed by atoms with Crippen LogP contribution in [0.4, 0.5) is 0 Å². The Morgan fingerprint density at radius 2 is 2.00 bits per heavy atom. The summed E-state index contributed by atoms with van der Waals surface area (Å²) in [5.74, 6) is 0.512. The molecule has 0 aliphatic heterocycles. The zero-order chi connectivity index (χ0) is 7.28. The van der Waals surface area contributed by atoms with E-state index in [4.69, 9.17) is 0 Å². The van der Waals surface area contributed by atoms with Gasteiger partial charge in [0.05, 0.1) is 0 Å². The predicted molar refractivity (Wildman–Crippen MR) is 42.0 cm³/mol. The van der Waals surface area contributed by atoms with Crippen molar-refractivity contribution in [1.82, 2.24) is 0 Å². The molecule has 0 aromatic rings. The number of allylic oxidation sites excluding steroid dienone is 4.